The summed E-state index contributed by atoms with van der Waals surface area (Å²) < 4.78 is 68.1. The number of rotatable bonds is 3. The summed E-state index contributed by atoms with van der Waals surface area (Å²) in [5, 5.41) is 3.54. The van der Waals surface area contributed by atoms with Crippen molar-refractivity contribution >= 4 is 10.4 Å². The Kier molecular flexibility index (Phi) is 4.11. The average molecular weight is 347 g/mol. The van der Waals surface area contributed by atoms with E-state index in [9.17, 15) is 21.1 Å². The molecule has 0 radical (unpaired) electrons. The van der Waals surface area contributed by atoms with E-state index in [0.717, 1.165) is 12.1 Å². The predicted molar refractivity (Wildman–Crippen MR) is 73.2 cm³/mol. The molecule has 10 heteroatoms. The molecule has 0 spiro atoms. The number of aromatic nitrogens is 2. The fourth-order valence-corrected chi connectivity index (χ4v) is 3.26. The van der Waals surface area contributed by atoms with E-state index in [-0.39, 0.29) is 24.8 Å². The van der Waals surface area contributed by atoms with Crippen LogP contribution in [0.15, 0.2) is 22.7 Å². The Hall–Kier alpha value is -1.94. The summed E-state index contributed by atoms with van der Waals surface area (Å²) in [5.74, 6) is -2.44. The third-order valence-electron chi connectivity index (χ3n) is 3.67. The molecule has 1 atom stereocenters. The molecule has 0 bridgehead atoms. The molecule has 0 amide bonds. The van der Waals surface area contributed by atoms with Gasteiger partial charge >= 0.3 is 10.4 Å². The number of nitrogens with zero attached hydrogens (tertiary/aromatic N) is 3. The first-order valence-electron chi connectivity index (χ1n) is 6.84. The highest BCUT2D eigenvalue weighted by Crippen LogP contribution is 2.30. The quantitative estimate of drug-likeness (QED) is 0.797. The van der Waals surface area contributed by atoms with E-state index >= 15 is 0 Å². The van der Waals surface area contributed by atoms with Crippen molar-refractivity contribution < 1.29 is 25.6 Å². The van der Waals surface area contributed by atoms with Crippen molar-refractivity contribution in [3.63, 3.8) is 0 Å². The minimum Gasteiger partial charge on any atom is -0.339 e. The fourth-order valence-electron chi connectivity index (χ4n) is 2.56. The summed E-state index contributed by atoms with van der Waals surface area (Å²) in [6.45, 7) is -0.0848. The van der Waals surface area contributed by atoms with E-state index in [1.807, 2.05) is 0 Å². The van der Waals surface area contributed by atoms with Crippen molar-refractivity contribution in [2.45, 2.75) is 18.8 Å². The Morgan fingerprint density at radius 2 is 1.96 bits per heavy atom. The number of benzene rings is 1. The van der Waals surface area contributed by atoms with Crippen LogP contribution in [0.4, 0.5) is 12.7 Å². The van der Waals surface area contributed by atoms with E-state index in [2.05, 4.69) is 10.1 Å². The summed E-state index contributed by atoms with van der Waals surface area (Å²) in [6, 6.07) is 3.33. The monoisotopic (exact) mass is 347 g/mol. The molecule has 1 saturated heterocycles. The lowest BCUT2D eigenvalue weighted by Crippen LogP contribution is -2.37. The minimum atomic E-state index is -4.80. The lowest BCUT2D eigenvalue weighted by molar-refractivity contribution is 0.258. The SMILES string of the molecule is O=S(=O)(F)N1CCCC(c2nc(-c3c(F)cccc3F)no2)C1. The van der Waals surface area contributed by atoms with E-state index in [4.69, 9.17) is 4.52 Å². The predicted octanol–water partition coefficient (Wildman–Crippen LogP) is 2.41. The van der Waals surface area contributed by atoms with Gasteiger partial charge in [0.2, 0.25) is 11.7 Å². The van der Waals surface area contributed by atoms with Gasteiger partial charge in [-0.3, -0.25) is 0 Å². The molecule has 2 aromatic rings. The molecule has 1 aromatic heterocycles. The standard InChI is InChI=1S/C13H12F3N3O3S/c14-9-4-1-5-10(15)11(9)12-17-13(22-18-12)8-3-2-6-19(7-8)23(16,20)21/h1,4-5,8H,2-3,6-7H2. The van der Waals surface area contributed by atoms with Crippen LogP contribution in [0.5, 0.6) is 0 Å². The van der Waals surface area contributed by atoms with Crippen LogP contribution in [0.3, 0.4) is 0 Å². The molecular weight excluding hydrogens is 335 g/mol. The van der Waals surface area contributed by atoms with Crippen molar-refractivity contribution in [1.29, 1.82) is 0 Å². The van der Waals surface area contributed by atoms with E-state index in [0.29, 0.717) is 17.1 Å². The number of hydrogen-bond donors (Lipinski definition) is 0. The molecule has 1 aliphatic rings. The largest absolute Gasteiger partial charge is 0.374 e. The Morgan fingerprint density at radius 3 is 2.61 bits per heavy atom. The molecule has 1 fully saturated rings. The second-order valence-corrected chi connectivity index (χ2v) is 6.53. The van der Waals surface area contributed by atoms with Gasteiger partial charge in [0.05, 0.1) is 11.5 Å². The lowest BCUT2D eigenvalue weighted by Gasteiger charge is -2.26. The highest BCUT2D eigenvalue weighted by atomic mass is 32.3. The van der Waals surface area contributed by atoms with Crippen LogP contribution in [0.1, 0.15) is 24.7 Å². The summed E-state index contributed by atoms with van der Waals surface area (Å²) in [7, 11) is -4.80. The van der Waals surface area contributed by atoms with Crippen molar-refractivity contribution in [3.05, 3.63) is 35.7 Å². The summed E-state index contributed by atoms with van der Waals surface area (Å²) in [5.41, 5.74) is -0.423. The molecule has 1 aliphatic heterocycles. The molecule has 0 N–H and O–H groups in total. The van der Waals surface area contributed by atoms with Gasteiger partial charge < -0.3 is 4.52 Å². The molecule has 23 heavy (non-hydrogen) atoms. The second kappa shape index (κ2) is 5.93. The smallest absolute Gasteiger partial charge is 0.339 e. The second-order valence-electron chi connectivity index (χ2n) is 5.19. The molecule has 0 aliphatic carbocycles. The normalized spacial score (nSPS) is 19.9. The molecule has 6 nitrogen and oxygen atoms in total. The van der Waals surface area contributed by atoms with Gasteiger partial charge in [0, 0.05) is 13.1 Å². The highest BCUT2D eigenvalue weighted by Gasteiger charge is 2.32. The molecular formula is C13H12F3N3O3S. The van der Waals surface area contributed by atoms with Gasteiger partial charge in [-0.05, 0) is 25.0 Å². The molecule has 1 unspecified atom stereocenters. The van der Waals surface area contributed by atoms with Gasteiger partial charge in [0.1, 0.15) is 11.6 Å². The third-order valence-corrected chi connectivity index (χ3v) is 4.62. The Bertz CT molecular complexity index is 805. The van der Waals surface area contributed by atoms with Crippen LogP contribution in [0.25, 0.3) is 11.4 Å². The fraction of sp³-hybridized carbons (Fsp3) is 0.385. The van der Waals surface area contributed by atoms with Crippen molar-refractivity contribution in [2.75, 3.05) is 13.1 Å². The van der Waals surface area contributed by atoms with E-state index in [1.54, 1.807) is 0 Å². The Labute approximate surface area is 130 Å². The van der Waals surface area contributed by atoms with Gasteiger partial charge in [-0.2, -0.15) is 17.7 Å². The van der Waals surface area contributed by atoms with Gasteiger partial charge in [-0.15, -0.1) is 0 Å². The van der Waals surface area contributed by atoms with Crippen molar-refractivity contribution in [3.8, 4) is 11.4 Å². The summed E-state index contributed by atoms with van der Waals surface area (Å²) >= 11 is 0. The third kappa shape index (κ3) is 3.22. The van der Waals surface area contributed by atoms with Gasteiger partial charge in [-0.1, -0.05) is 15.1 Å². The van der Waals surface area contributed by atoms with E-state index in [1.165, 1.54) is 6.07 Å². The number of piperidine rings is 1. The van der Waals surface area contributed by atoms with Gasteiger partial charge in [-0.25, -0.2) is 8.78 Å². The van der Waals surface area contributed by atoms with Crippen molar-refractivity contribution in [2.24, 2.45) is 0 Å². The summed E-state index contributed by atoms with van der Waals surface area (Å²) in [6.07, 6.45) is 0.924. The van der Waals surface area contributed by atoms with Gasteiger partial charge in [0.15, 0.2) is 0 Å². The van der Waals surface area contributed by atoms with Crippen LogP contribution >= 0.6 is 0 Å². The maximum atomic E-state index is 13.7. The first-order chi connectivity index (χ1) is 10.9. The van der Waals surface area contributed by atoms with Crippen LogP contribution in [-0.2, 0) is 10.4 Å². The highest BCUT2D eigenvalue weighted by molar-refractivity contribution is 7.83. The first kappa shape index (κ1) is 15.9. The number of hydrogen-bond acceptors (Lipinski definition) is 5. The topological polar surface area (TPSA) is 76.3 Å². The van der Waals surface area contributed by atoms with Crippen molar-refractivity contribution in [1.82, 2.24) is 14.4 Å². The first-order valence-corrected chi connectivity index (χ1v) is 8.18. The zero-order valence-electron chi connectivity index (χ0n) is 11.7. The van der Waals surface area contributed by atoms with Gasteiger partial charge in [0.25, 0.3) is 0 Å². The van der Waals surface area contributed by atoms with Crippen LogP contribution in [0.2, 0.25) is 0 Å². The van der Waals surface area contributed by atoms with Crippen LogP contribution in [-0.4, -0.2) is 36.0 Å². The maximum Gasteiger partial charge on any atom is 0.374 e. The average Bonchev–Trinajstić information content (AvgIpc) is 2.96. The minimum absolute atomic E-state index is 0.0241. The van der Waals surface area contributed by atoms with Crippen LogP contribution < -0.4 is 0 Å². The lowest BCUT2D eigenvalue weighted by atomic mass is 10.00. The van der Waals surface area contributed by atoms with E-state index < -0.39 is 33.5 Å². The zero-order valence-corrected chi connectivity index (χ0v) is 12.6. The molecule has 1 aromatic carbocycles. The number of halogens is 3. The molecule has 2 heterocycles. The summed E-state index contributed by atoms with van der Waals surface area (Å²) in [4.78, 5) is 3.94. The molecule has 124 valence electrons. The molecule has 0 saturated carbocycles. The Morgan fingerprint density at radius 1 is 1.26 bits per heavy atom. The van der Waals surface area contributed by atoms with Crippen LogP contribution in [0, 0.1) is 11.6 Å². The maximum absolute atomic E-state index is 13.7. The Balaban J connectivity index is 1.88. The zero-order chi connectivity index (χ0) is 16.6. The molecule has 3 rings (SSSR count).